The number of hydrogen-bond acceptors (Lipinski definition) is 1. The van der Waals surface area contributed by atoms with Gasteiger partial charge in [0.25, 0.3) is 0 Å². The van der Waals surface area contributed by atoms with Gasteiger partial charge < -0.3 is 5.11 Å². The lowest BCUT2D eigenvalue weighted by molar-refractivity contribution is -0.272. The van der Waals surface area contributed by atoms with Gasteiger partial charge in [0.2, 0.25) is 0 Å². The summed E-state index contributed by atoms with van der Waals surface area (Å²) in [5.41, 5.74) is -0.131. The Bertz CT molecular complexity index is 355. The number of fused-ring (bicyclic) bond motifs is 15. The van der Waals surface area contributed by atoms with E-state index in [1.54, 1.807) is 0 Å². The summed E-state index contributed by atoms with van der Waals surface area (Å²) in [4.78, 5) is 11.4. The van der Waals surface area contributed by atoms with Crippen LogP contribution in [0.2, 0.25) is 0 Å². The van der Waals surface area contributed by atoms with Crippen molar-refractivity contribution < 1.29 is 9.90 Å². The minimum Gasteiger partial charge on any atom is -0.481 e. The van der Waals surface area contributed by atoms with Gasteiger partial charge in [0.1, 0.15) is 0 Å². The fourth-order valence-electron chi connectivity index (χ4n) is 7.52. The summed E-state index contributed by atoms with van der Waals surface area (Å²) in [7, 11) is 0. The van der Waals surface area contributed by atoms with Crippen LogP contribution in [-0.4, -0.2) is 11.1 Å². The fourth-order valence-corrected chi connectivity index (χ4v) is 7.52. The summed E-state index contributed by atoms with van der Waals surface area (Å²) in [5.74, 6) is 7.30. The van der Waals surface area contributed by atoms with Gasteiger partial charge in [-0.2, -0.15) is 0 Å². The third-order valence-electron chi connectivity index (χ3n) is 7.18. The molecule has 5 saturated carbocycles. The SMILES string of the molecule is O=C(O)C12C3C4C5C6C4C1C6C2C53. The van der Waals surface area contributed by atoms with Crippen LogP contribution in [0.4, 0.5) is 0 Å². The molecule has 13 heavy (non-hydrogen) atoms. The fraction of sp³-hybridized carbons (Fsp3) is 0.909. The molecule has 0 amide bonds. The molecule has 5 rings (SSSR count). The Balaban J connectivity index is 1.73. The lowest BCUT2D eigenvalue weighted by Gasteiger charge is -2.71. The highest BCUT2D eigenvalue weighted by atomic mass is 16.4. The molecule has 0 bridgehead atoms. The Labute approximate surface area is 75.3 Å². The molecular formula is C11H10O2. The molecule has 5 fully saturated rings. The van der Waals surface area contributed by atoms with Gasteiger partial charge in [-0.05, 0) is 53.3 Å². The summed E-state index contributed by atoms with van der Waals surface area (Å²) < 4.78 is 0. The molecule has 0 radical (unpaired) electrons. The molecule has 5 aliphatic rings. The molecule has 1 N–H and O–H groups in total. The maximum absolute atomic E-state index is 11.4. The average molecular weight is 174 g/mol. The predicted molar refractivity (Wildman–Crippen MR) is 41.5 cm³/mol. The standard InChI is InChI=1S/C11H10O2/c12-10(13)11-7-3-1-2-4(3)8(11)6(2)9(11)5(1)7/h1-9H,(H,12,13). The molecule has 5 aliphatic carbocycles. The van der Waals surface area contributed by atoms with E-state index in [1.165, 1.54) is 0 Å². The van der Waals surface area contributed by atoms with Crippen LogP contribution in [0, 0.1) is 58.7 Å². The first-order valence-electron chi connectivity index (χ1n) is 5.54. The number of carbonyl (C=O) groups is 1. The molecule has 0 aromatic carbocycles. The number of carboxylic acid groups (broad SMARTS) is 1. The van der Waals surface area contributed by atoms with Gasteiger partial charge in [0, 0.05) is 0 Å². The van der Waals surface area contributed by atoms with E-state index in [4.69, 9.17) is 0 Å². The third-order valence-corrected chi connectivity index (χ3v) is 7.18. The van der Waals surface area contributed by atoms with E-state index in [9.17, 15) is 9.90 Å². The van der Waals surface area contributed by atoms with Gasteiger partial charge in [0.15, 0.2) is 0 Å². The van der Waals surface area contributed by atoms with Crippen molar-refractivity contribution in [1.82, 2.24) is 0 Å². The highest BCUT2D eigenvalue weighted by Gasteiger charge is 3.05. The van der Waals surface area contributed by atoms with Crippen LogP contribution in [0.1, 0.15) is 0 Å². The Morgan fingerprint density at radius 2 is 1.31 bits per heavy atom. The Kier molecular flexibility index (Phi) is 0.413. The monoisotopic (exact) mass is 174 g/mol. The Morgan fingerprint density at radius 3 is 1.77 bits per heavy atom. The summed E-state index contributed by atoms with van der Waals surface area (Å²) in [6, 6.07) is 0. The van der Waals surface area contributed by atoms with Gasteiger partial charge in [0.05, 0.1) is 5.41 Å². The van der Waals surface area contributed by atoms with Crippen LogP contribution in [0.15, 0.2) is 0 Å². The zero-order valence-electron chi connectivity index (χ0n) is 7.05. The van der Waals surface area contributed by atoms with Gasteiger partial charge in [-0.1, -0.05) is 0 Å². The van der Waals surface area contributed by atoms with Crippen LogP contribution in [0.25, 0.3) is 0 Å². The zero-order chi connectivity index (χ0) is 8.27. The summed E-state index contributed by atoms with van der Waals surface area (Å²) in [6.45, 7) is 0. The van der Waals surface area contributed by atoms with Crippen LogP contribution >= 0.6 is 0 Å². The molecule has 0 aliphatic heterocycles. The van der Waals surface area contributed by atoms with E-state index in [1.807, 2.05) is 0 Å². The Hall–Kier alpha value is -0.530. The lowest BCUT2D eigenvalue weighted by Crippen LogP contribution is -2.74. The average Bonchev–Trinajstić information content (AvgIpc) is 2.55. The molecule has 0 heterocycles. The van der Waals surface area contributed by atoms with Gasteiger partial charge in [-0.15, -0.1) is 0 Å². The highest BCUT2D eigenvalue weighted by Crippen LogP contribution is 3.05. The first kappa shape index (κ1) is 5.38. The van der Waals surface area contributed by atoms with Gasteiger partial charge in [-0.3, -0.25) is 4.79 Å². The molecule has 0 spiro atoms. The topological polar surface area (TPSA) is 37.3 Å². The molecule has 66 valence electrons. The third kappa shape index (κ3) is 0.201. The number of carboxylic acids is 1. The smallest absolute Gasteiger partial charge is 0.310 e. The van der Waals surface area contributed by atoms with Crippen molar-refractivity contribution in [3.8, 4) is 0 Å². The van der Waals surface area contributed by atoms with Gasteiger partial charge in [-0.25, -0.2) is 0 Å². The van der Waals surface area contributed by atoms with Crippen molar-refractivity contribution >= 4 is 5.97 Å². The quantitative estimate of drug-likeness (QED) is 0.594. The molecule has 2 nitrogen and oxygen atoms in total. The van der Waals surface area contributed by atoms with E-state index < -0.39 is 5.97 Å². The van der Waals surface area contributed by atoms with Crippen molar-refractivity contribution in [1.29, 1.82) is 0 Å². The van der Waals surface area contributed by atoms with Crippen molar-refractivity contribution in [2.45, 2.75) is 0 Å². The Morgan fingerprint density at radius 1 is 0.846 bits per heavy atom. The molecule has 8 unspecified atom stereocenters. The minimum absolute atomic E-state index is 0.131. The normalized spacial score (nSPS) is 91.2. The lowest BCUT2D eigenvalue weighted by atomic mass is 9.30. The van der Waals surface area contributed by atoms with Gasteiger partial charge >= 0.3 is 5.97 Å². The van der Waals surface area contributed by atoms with E-state index in [0.29, 0.717) is 17.8 Å². The molecule has 0 aromatic rings. The second-order valence-corrected chi connectivity index (χ2v) is 6.28. The van der Waals surface area contributed by atoms with Crippen LogP contribution in [0.5, 0.6) is 0 Å². The van der Waals surface area contributed by atoms with Crippen molar-refractivity contribution in [2.24, 2.45) is 58.7 Å². The maximum Gasteiger partial charge on any atom is 0.310 e. The van der Waals surface area contributed by atoms with Crippen molar-refractivity contribution in [3.05, 3.63) is 0 Å². The van der Waals surface area contributed by atoms with Crippen molar-refractivity contribution in [3.63, 3.8) is 0 Å². The number of aliphatic carboxylic acids is 1. The molecular weight excluding hydrogens is 164 g/mol. The molecule has 8 atom stereocenters. The minimum atomic E-state index is -0.425. The largest absolute Gasteiger partial charge is 0.481 e. The molecule has 2 heteroatoms. The first-order valence-corrected chi connectivity index (χ1v) is 5.54. The second-order valence-electron chi connectivity index (χ2n) is 6.28. The highest BCUT2D eigenvalue weighted by molar-refractivity contribution is 5.84. The summed E-state index contributed by atoms with van der Waals surface area (Å²) in [6.07, 6.45) is 0. The number of rotatable bonds is 1. The molecule has 0 aromatic heterocycles. The summed E-state index contributed by atoms with van der Waals surface area (Å²) in [5, 5.41) is 9.38. The van der Waals surface area contributed by atoms with Crippen molar-refractivity contribution in [2.75, 3.05) is 0 Å². The second kappa shape index (κ2) is 0.999. The van der Waals surface area contributed by atoms with E-state index in [0.717, 1.165) is 35.5 Å². The number of hydrogen-bond donors (Lipinski definition) is 1. The van der Waals surface area contributed by atoms with E-state index >= 15 is 0 Å². The summed E-state index contributed by atoms with van der Waals surface area (Å²) >= 11 is 0. The van der Waals surface area contributed by atoms with Crippen LogP contribution in [0.3, 0.4) is 0 Å². The van der Waals surface area contributed by atoms with Crippen LogP contribution < -0.4 is 0 Å². The van der Waals surface area contributed by atoms with E-state index in [-0.39, 0.29) is 5.41 Å². The maximum atomic E-state index is 11.4. The first-order chi connectivity index (χ1) is 6.31. The van der Waals surface area contributed by atoms with E-state index in [2.05, 4.69) is 0 Å². The molecule has 0 saturated heterocycles. The predicted octanol–water partition coefficient (Wildman–Crippen LogP) is 0.685. The van der Waals surface area contributed by atoms with Crippen LogP contribution in [-0.2, 0) is 4.79 Å². The zero-order valence-corrected chi connectivity index (χ0v) is 7.05.